The molecule has 6 heavy (non-hydrogen) atoms. The lowest BCUT2D eigenvalue weighted by molar-refractivity contribution is 0.160. The molecule has 0 aromatic rings. The SMILES string of the molecule is O=C=NC(F)F. The highest BCUT2D eigenvalue weighted by Crippen LogP contribution is 1.87. The molecule has 0 spiro atoms. The van der Waals surface area contributed by atoms with Gasteiger partial charge in [0.25, 0.3) is 0 Å². The summed E-state index contributed by atoms with van der Waals surface area (Å²) in [5, 5.41) is 0. The fraction of sp³-hybridized carbons (Fsp3) is 0.500. The number of alkyl halides is 2. The zero-order chi connectivity index (χ0) is 4.99. The third-order valence-corrected chi connectivity index (χ3v) is 0.150. The van der Waals surface area contributed by atoms with Crippen LogP contribution in [0.15, 0.2) is 4.99 Å². The van der Waals surface area contributed by atoms with E-state index >= 15 is 0 Å². The quantitative estimate of drug-likeness (QED) is 0.264. The zero-order valence-corrected chi connectivity index (χ0v) is 2.69. The van der Waals surface area contributed by atoms with Crippen LogP contribution in [0.25, 0.3) is 0 Å². The minimum Gasteiger partial charge on any atom is -0.211 e. The molecule has 0 aliphatic heterocycles. The van der Waals surface area contributed by atoms with Crippen LogP contribution in [0.2, 0.25) is 0 Å². The molecular weight excluding hydrogens is 92.0 g/mol. The van der Waals surface area contributed by atoms with Gasteiger partial charge in [-0.2, -0.15) is 8.78 Å². The normalized spacial score (nSPS) is 7.83. The van der Waals surface area contributed by atoms with Crippen LogP contribution in [0.5, 0.6) is 0 Å². The van der Waals surface area contributed by atoms with E-state index in [1.807, 2.05) is 4.99 Å². The molecule has 0 aromatic heterocycles. The van der Waals surface area contributed by atoms with Crippen molar-refractivity contribution in [1.29, 1.82) is 0 Å². The highest BCUT2D eigenvalue weighted by Gasteiger charge is 1.90. The van der Waals surface area contributed by atoms with Crippen LogP contribution in [0.3, 0.4) is 0 Å². The van der Waals surface area contributed by atoms with Crippen molar-refractivity contribution in [2.24, 2.45) is 4.99 Å². The Morgan fingerprint density at radius 2 is 2.17 bits per heavy atom. The molecule has 0 bridgehead atoms. The maximum atomic E-state index is 10.6. The number of nitrogens with zero attached hydrogens (tertiary/aromatic N) is 1. The summed E-state index contributed by atoms with van der Waals surface area (Å²) >= 11 is 0. The first kappa shape index (κ1) is 5.24. The number of isocyanates is 1. The third-order valence-electron chi connectivity index (χ3n) is 0.150. The molecule has 0 amide bonds. The van der Waals surface area contributed by atoms with Crippen LogP contribution in [0.1, 0.15) is 0 Å². The first-order valence-corrected chi connectivity index (χ1v) is 1.12. The van der Waals surface area contributed by atoms with Gasteiger partial charge >= 0.3 is 6.55 Å². The Labute approximate surface area is 32.5 Å². The van der Waals surface area contributed by atoms with Gasteiger partial charge in [-0.25, -0.2) is 4.79 Å². The summed E-state index contributed by atoms with van der Waals surface area (Å²) in [6.07, 6.45) is 0.692. The first-order valence-electron chi connectivity index (χ1n) is 1.12. The van der Waals surface area contributed by atoms with Gasteiger partial charge in [-0.05, 0) is 0 Å². The van der Waals surface area contributed by atoms with Crippen molar-refractivity contribution in [3.63, 3.8) is 0 Å². The Morgan fingerprint density at radius 1 is 1.67 bits per heavy atom. The van der Waals surface area contributed by atoms with E-state index in [0.29, 0.717) is 6.08 Å². The average molecular weight is 93.0 g/mol. The van der Waals surface area contributed by atoms with Gasteiger partial charge in [0, 0.05) is 0 Å². The molecule has 0 fully saturated rings. The van der Waals surface area contributed by atoms with Crippen LogP contribution < -0.4 is 0 Å². The minimum absolute atomic E-state index is 0.692. The summed E-state index contributed by atoms with van der Waals surface area (Å²) in [6, 6.07) is 0. The summed E-state index contributed by atoms with van der Waals surface area (Å²) < 4.78 is 21.2. The van der Waals surface area contributed by atoms with E-state index in [4.69, 9.17) is 4.79 Å². The molecular formula is C2HF2NO. The van der Waals surface area contributed by atoms with Gasteiger partial charge in [-0.15, -0.1) is 4.99 Å². The molecule has 34 valence electrons. The second-order valence-electron chi connectivity index (χ2n) is 0.498. The van der Waals surface area contributed by atoms with Crippen LogP contribution >= 0.6 is 0 Å². The standard InChI is InChI=1S/C2HF2NO/c3-2(4)5-1-6/h2H. The predicted octanol–water partition coefficient (Wildman–Crippen LogP) is 0.545. The van der Waals surface area contributed by atoms with Gasteiger partial charge in [-0.3, -0.25) is 0 Å². The van der Waals surface area contributed by atoms with Crippen molar-refractivity contribution in [2.45, 2.75) is 6.55 Å². The summed E-state index contributed by atoms with van der Waals surface area (Å²) in [5.74, 6) is 0. The monoisotopic (exact) mass is 93.0 g/mol. The van der Waals surface area contributed by atoms with Crippen molar-refractivity contribution in [2.75, 3.05) is 0 Å². The smallest absolute Gasteiger partial charge is 0.211 e. The summed E-state index contributed by atoms with van der Waals surface area (Å²) in [4.78, 5) is 10.8. The second-order valence-corrected chi connectivity index (χ2v) is 0.498. The van der Waals surface area contributed by atoms with Gasteiger partial charge in [0.2, 0.25) is 6.08 Å². The fourth-order valence-electron chi connectivity index (χ4n) is 0.0398. The molecule has 2 nitrogen and oxygen atoms in total. The Balaban J connectivity index is 3.29. The van der Waals surface area contributed by atoms with Crippen molar-refractivity contribution >= 4 is 6.08 Å². The summed E-state index contributed by atoms with van der Waals surface area (Å²) in [5.41, 5.74) is 0. The summed E-state index contributed by atoms with van der Waals surface area (Å²) in [7, 11) is 0. The van der Waals surface area contributed by atoms with Crippen molar-refractivity contribution in [3.8, 4) is 0 Å². The lowest BCUT2D eigenvalue weighted by atomic mass is 11.3. The van der Waals surface area contributed by atoms with Crippen LogP contribution in [0.4, 0.5) is 8.78 Å². The Morgan fingerprint density at radius 3 is 2.17 bits per heavy atom. The van der Waals surface area contributed by atoms with Crippen molar-refractivity contribution in [1.82, 2.24) is 0 Å². The molecule has 0 rings (SSSR count). The number of aliphatic imine (C=N–C) groups is 1. The molecule has 0 atom stereocenters. The van der Waals surface area contributed by atoms with Gasteiger partial charge in [0.1, 0.15) is 0 Å². The van der Waals surface area contributed by atoms with Gasteiger partial charge < -0.3 is 0 Å². The highest BCUT2D eigenvalue weighted by molar-refractivity contribution is 5.32. The molecule has 4 heteroatoms. The van der Waals surface area contributed by atoms with E-state index in [0.717, 1.165) is 0 Å². The van der Waals surface area contributed by atoms with Gasteiger partial charge in [0.05, 0.1) is 0 Å². The van der Waals surface area contributed by atoms with E-state index in [1.165, 1.54) is 0 Å². The molecule has 0 saturated carbocycles. The number of hydrogen-bond donors (Lipinski definition) is 0. The van der Waals surface area contributed by atoms with Crippen molar-refractivity contribution < 1.29 is 13.6 Å². The lowest BCUT2D eigenvalue weighted by Gasteiger charge is -1.73. The largest absolute Gasteiger partial charge is 0.341 e. The van der Waals surface area contributed by atoms with Gasteiger partial charge in [0.15, 0.2) is 0 Å². The molecule has 0 aliphatic rings. The van der Waals surface area contributed by atoms with E-state index in [-0.39, 0.29) is 0 Å². The number of halogens is 2. The maximum absolute atomic E-state index is 10.6. The van der Waals surface area contributed by atoms with Crippen LogP contribution in [-0.4, -0.2) is 12.6 Å². The first-order chi connectivity index (χ1) is 2.77. The molecule has 0 aliphatic carbocycles. The van der Waals surface area contributed by atoms with Crippen LogP contribution in [0, 0.1) is 0 Å². The molecule has 0 N–H and O–H groups in total. The number of carbonyl (C=O) groups excluding carboxylic acids is 1. The highest BCUT2D eigenvalue weighted by atomic mass is 19.3. The number of rotatable bonds is 1. The Bertz CT molecular complexity index is 75.6. The Kier molecular flexibility index (Phi) is 2.16. The maximum Gasteiger partial charge on any atom is 0.341 e. The zero-order valence-electron chi connectivity index (χ0n) is 2.69. The predicted molar refractivity (Wildman–Crippen MR) is 14.1 cm³/mol. The molecule has 0 unspecified atom stereocenters. The second kappa shape index (κ2) is 2.48. The molecule has 0 radical (unpaired) electrons. The molecule has 0 heterocycles. The van der Waals surface area contributed by atoms with Gasteiger partial charge in [-0.1, -0.05) is 0 Å². The third kappa shape index (κ3) is 3.24. The van der Waals surface area contributed by atoms with E-state index in [9.17, 15) is 8.78 Å². The van der Waals surface area contributed by atoms with E-state index in [1.54, 1.807) is 0 Å². The lowest BCUT2D eigenvalue weighted by Crippen LogP contribution is -1.77. The molecule has 0 aromatic carbocycles. The topological polar surface area (TPSA) is 29.4 Å². The van der Waals surface area contributed by atoms with E-state index < -0.39 is 6.55 Å². The molecule has 0 saturated heterocycles. The fourth-order valence-corrected chi connectivity index (χ4v) is 0.0398. The minimum atomic E-state index is -2.90. The Hall–Kier alpha value is -0.760. The summed E-state index contributed by atoms with van der Waals surface area (Å²) in [6.45, 7) is -2.90. The van der Waals surface area contributed by atoms with E-state index in [2.05, 4.69) is 0 Å². The van der Waals surface area contributed by atoms with Crippen LogP contribution in [-0.2, 0) is 4.79 Å². The average Bonchev–Trinajstić information content (AvgIpc) is 1.35. The number of hydrogen-bond acceptors (Lipinski definition) is 2. The van der Waals surface area contributed by atoms with Crippen molar-refractivity contribution in [3.05, 3.63) is 0 Å².